The van der Waals surface area contributed by atoms with E-state index in [4.69, 9.17) is 0 Å². The molecule has 8 heteroatoms. The maximum atomic E-state index is 12.5. The van der Waals surface area contributed by atoms with Crippen molar-refractivity contribution in [2.45, 2.75) is 30.7 Å². The number of hydrogen-bond acceptors (Lipinski definition) is 6. The van der Waals surface area contributed by atoms with Crippen molar-refractivity contribution in [2.24, 2.45) is 0 Å². The number of Topliss-reactive ketones (excluding diaryl/α,β-unsaturated/α-hetero) is 1. The number of nitrogens with zero attached hydrogens (tertiary/aromatic N) is 2. The summed E-state index contributed by atoms with van der Waals surface area (Å²) in [6.45, 7) is 2.63. The van der Waals surface area contributed by atoms with Gasteiger partial charge in [-0.3, -0.25) is 4.79 Å². The van der Waals surface area contributed by atoms with Crippen molar-refractivity contribution in [1.82, 2.24) is 9.71 Å². The fraction of sp³-hybridized carbons (Fsp3) is 0.375. The molecule has 0 spiro atoms. The zero-order chi connectivity index (χ0) is 17.2. The average Bonchev–Trinajstić information content (AvgIpc) is 3.24. The van der Waals surface area contributed by atoms with Gasteiger partial charge in [-0.2, -0.15) is 0 Å². The van der Waals surface area contributed by atoms with Gasteiger partial charge in [0.1, 0.15) is 0 Å². The molecule has 1 fully saturated rings. The molecule has 2 aromatic rings. The Balaban J connectivity index is 1.71. The minimum atomic E-state index is -3.64. The molecule has 1 aromatic heterocycles. The topological polar surface area (TPSA) is 79.4 Å². The minimum Gasteiger partial charge on any atom is -0.344 e. The van der Waals surface area contributed by atoms with Crippen LogP contribution in [0.15, 0.2) is 40.7 Å². The lowest BCUT2D eigenvalue weighted by Gasteiger charge is -2.24. The lowest BCUT2D eigenvalue weighted by Crippen LogP contribution is -2.40. The number of carbonyl (C=O) groups excluding carboxylic acids is 1. The number of aromatic nitrogens is 1. The summed E-state index contributed by atoms with van der Waals surface area (Å²) in [6.07, 6.45) is 3.70. The van der Waals surface area contributed by atoms with Gasteiger partial charge in [0, 0.05) is 36.3 Å². The maximum absolute atomic E-state index is 12.5. The van der Waals surface area contributed by atoms with Crippen LogP contribution in [0, 0.1) is 0 Å². The second kappa shape index (κ2) is 7.00. The smallest absolute Gasteiger partial charge is 0.240 e. The van der Waals surface area contributed by atoms with Crippen LogP contribution in [0.25, 0.3) is 0 Å². The van der Waals surface area contributed by atoms with E-state index in [0.29, 0.717) is 12.1 Å². The monoisotopic (exact) mass is 365 g/mol. The van der Waals surface area contributed by atoms with E-state index in [1.54, 1.807) is 29.7 Å². The summed E-state index contributed by atoms with van der Waals surface area (Å²) in [5.41, 5.74) is 0.392. The van der Waals surface area contributed by atoms with Gasteiger partial charge in [-0.05, 0) is 31.9 Å². The van der Waals surface area contributed by atoms with Crippen LogP contribution in [0.5, 0.6) is 0 Å². The third-order valence-corrected chi connectivity index (χ3v) is 6.33. The van der Waals surface area contributed by atoms with E-state index in [2.05, 4.69) is 14.6 Å². The van der Waals surface area contributed by atoms with Gasteiger partial charge in [0.05, 0.1) is 4.90 Å². The lowest BCUT2D eigenvalue weighted by atomic mass is 10.2. The number of hydrogen-bond donors (Lipinski definition) is 1. The molecule has 1 aliphatic rings. The number of carbonyl (C=O) groups is 1. The highest BCUT2D eigenvalue weighted by atomic mass is 32.2. The molecule has 1 atom stereocenters. The Morgan fingerprint density at radius 1 is 1.46 bits per heavy atom. The summed E-state index contributed by atoms with van der Waals surface area (Å²) in [5, 5.41) is 2.84. The van der Waals surface area contributed by atoms with Gasteiger partial charge in [-0.25, -0.2) is 18.1 Å². The SMILES string of the molecule is CC(=O)c1cccc(S(=O)(=O)NCC2CCCN2c2nccs2)c1. The van der Waals surface area contributed by atoms with E-state index >= 15 is 0 Å². The lowest BCUT2D eigenvalue weighted by molar-refractivity contribution is 0.101. The molecule has 0 radical (unpaired) electrons. The summed E-state index contributed by atoms with van der Waals surface area (Å²) in [4.78, 5) is 18.0. The molecule has 3 rings (SSSR count). The van der Waals surface area contributed by atoms with Crippen molar-refractivity contribution < 1.29 is 13.2 Å². The standard InChI is InChI=1S/C16H19N3O3S2/c1-12(20)13-4-2-6-15(10-13)24(21,22)18-11-14-5-3-8-19(14)16-17-7-9-23-16/h2,4,6-7,9-10,14,18H,3,5,8,11H2,1H3. The third-order valence-electron chi connectivity index (χ3n) is 4.10. The van der Waals surface area contributed by atoms with E-state index < -0.39 is 10.0 Å². The van der Waals surface area contributed by atoms with Crippen molar-refractivity contribution in [3.63, 3.8) is 0 Å². The van der Waals surface area contributed by atoms with E-state index in [0.717, 1.165) is 24.5 Å². The Morgan fingerprint density at radius 2 is 2.29 bits per heavy atom. The average molecular weight is 365 g/mol. The number of rotatable bonds is 6. The van der Waals surface area contributed by atoms with E-state index in [9.17, 15) is 13.2 Å². The first-order chi connectivity index (χ1) is 11.5. The van der Waals surface area contributed by atoms with Crippen LogP contribution in [-0.4, -0.2) is 38.3 Å². The van der Waals surface area contributed by atoms with Crippen molar-refractivity contribution in [3.05, 3.63) is 41.4 Å². The Morgan fingerprint density at radius 3 is 3.00 bits per heavy atom. The third kappa shape index (κ3) is 3.66. The largest absolute Gasteiger partial charge is 0.344 e. The van der Waals surface area contributed by atoms with Crippen molar-refractivity contribution in [3.8, 4) is 0 Å². The molecule has 128 valence electrons. The van der Waals surface area contributed by atoms with E-state index in [1.165, 1.54) is 19.1 Å². The van der Waals surface area contributed by atoms with Gasteiger partial charge < -0.3 is 4.90 Å². The summed E-state index contributed by atoms with van der Waals surface area (Å²) in [6, 6.07) is 6.22. The van der Waals surface area contributed by atoms with Crippen LogP contribution in [0.4, 0.5) is 5.13 Å². The highest BCUT2D eigenvalue weighted by Crippen LogP contribution is 2.27. The number of thiazole rings is 1. The van der Waals surface area contributed by atoms with Gasteiger partial charge in [0.25, 0.3) is 0 Å². The Kier molecular flexibility index (Phi) is 4.98. The maximum Gasteiger partial charge on any atom is 0.240 e. The van der Waals surface area contributed by atoms with Gasteiger partial charge in [-0.15, -0.1) is 11.3 Å². The Hall–Kier alpha value is -1.77. The summed E-state index contributed by atoms with van der Waals surface area (Å²) in [7, 11) is -3.64. The molecule has 6 nitrogen and oxygen atoms in total. The molecule has 1 aliphatic heterocycles. The highest BCUT2D eigenvalue weighted by molar-refractivity contribution is 7.89. The molecule has 2 heterocycles. The first kappa shape index (κ1) is 17.1. The van der Waals surface area contributed by atoms with Crippen LogP contribution >= 0.6 is 11.3 Å². The molecule has 0 saturated carbocycles. The Bertz CT molecular complexity index is 819. The van der Waals surface area contributed by atoms with Crippen molar-refractivity contribution in [2.75, 3.05) is 18.0 Å². The van der Waals surface area contributed by atoms with Crippen LogP contribution in [0.3, 0.4) is 0 Å². The van der Waals surface area contributed by atoms with E-state index in [1.807, 2.05) is 5.38 Å². The quantitative estimate of drug-likeness (QED) is 0.795. The number of nitrogens with one attached hydrogen (secondary N) is 1. The molecule has 0 amide bonds. The molecule has 1 N–H and O–H groups in total. The zero-order valence-corrected chi connectivity index (χ0v) is 14.9. The van der Waals surface area contributed by atoms with Gasteiger partial charge in [-0.1, -0.05) is 12.1 Å². The van der Waals surface area contributed by atoms with Gasteiger partial charge in [0.2, 0.25) is 10.0 Å². The zero-order valence-electron chi connectivity index (χ0n) is 13.3. The van der Waals surface area contributed by atoms with Crippen LogP contribution in [0.2, 0.25) is 0 Å². The summed E-state index contributed by atoms with van der Waals surface area (Å²) in [5.74, 6) is -0.155. The highest BCUT2D eigenvalue weighted by Gasteiger charge is 2.28. The fourth-order valence-electron chi connectivity index (χ4n) is 2.83. The molecular formula is C16H19N3O3S2. The van der Waals surface area contributed by atoms with Crippen molar-refractivity contribution >= 4 is 32.3 Å². The minimum absolute atomic E-state index is 0.0990. The van der Waals surface area contributed by atoms with Crippen LogP contribution in [0.1, 0.15) is 30.1 Å². The van der Waals surface area contributed by atoms with Gasteiger partial charge in [0.15, 0.2) is 10.9 Å². The molecule has 1 aromatic carbocycles. The first-order valence-corrected chi connectivity index (χ1v) is 10.1. The first-order valence-electron chi connectivity index (χ1n) is 7.74. The molecule has 0 aliphatic carbocycles. The number of sulfonamides is 1. The van der Waals surface area contributed by atoms with Crippen LogP contribution < -0.4 is 9.62 Å². The second-order valence-electron chi connectivity index (χ2n) is 5.74. The number of benzene rings is 1. The predicted octanol–water partition coefficient (Wildman–Crippen LogP) is 2.29. The number of anilines is 1. The van der Waals surface area contributed by atoms with E-state index in [-0.39, 0.29) is 16.7 Å². The molecule has 24 heavy (non-hydrogen) atoms. The molecular weight excluding hydrogens is 346 g/mol. The normalized spacial score (nSPS) is 18.0. The van der Waals surface area contributed by atoms with Crippen molar-refractivity contribution in [1.29, 1.82) is 0 Å². The molecule has 0 bridgehead atoms. The molecule has 1 saturated heterocycles. The van der Waals surface area contributed by atoms with Crippen LogP contribution in [-0.2, 0) is 10.0 Å². The summed E-state index contributed by atoms with van der Waals surface area (Å²) < 4.78 is 27.7. The summed E-state index contributed by atoms with van der Waals surface area (Å²) >= 11 is 1.56. The Labute approximate surface area is 145 Å². The number of ketones is 1. The fourth-order valence-corrected chi connectivity index (χ4v) is 4.69. The second-order valence-corrected chi connectivity index (χ2v) is 8.38. The predicted molar refractivity (Wildman–Crippen MR) is 94.1 cm³/mol. The molecule has 1 unspecified atom stereocenters. The van der Waals surface area contributed by atoms with Gasteiger partial charge >= 0.3 is 0 Å².